The van der Waals surface area contributed by atoms with Crippen molar-refractivity contribution in [3.63, 3.8) is 0 Å². The lowest BCUT2D eigenvalue weighted by Gasteiger charge is -2.32. The second-order valence-corrected chi connectivity index (χ2v) is 15.5. The van der Waals surface area contributed by atoms with Gasteiger partial charge >= 0.3 is 0 Å². The molecule has 0 aliphatic heterocycles. The third-order valence-electron chi connectivity index (χ3n) is 13.1. The zero-order chi connectivity index (χ0) is 37.3. The molecule has 0 saturated heterocycles. The minimum Gasteiger partial charge on any atom is -0.396 e. The maximum atomic E-state index is 9.86. The van der Waals surface area contributed by atoms with Gasteiger partial charge in [-0.2, -0.15) is 0 Å². The fourth-order valence-corrected chi connectivity index (χ4v) is 10.3. The van der Waals surface area contributed by atoms with Crippen LogP contribution in [0.1, 0.15) is 99.3 Å². The van der Waals surface area contributed by atoms with Gasteiger partial charge in [-0.05, 0) is 179 Å². The van der Waals surface area contributed by atoms with Crippen LogP contribution >= 0.6 is 0 Å². The van der Waals surface area contributed by atoms with E-state index in [9.17, 15) is 10.2 Å². The first-order valence-electron chi connectivity index (χ1n) is 20.4. The lowest BCUT2D eigenvalue weighted by Crippen LogP contribution is -2.21. The smallest absolute Gasteiger partial charge is 0.0434 e. The molecule has 0 saturated carbocycles. The van der Waals surface area contributed by atoms with Gasteiger partial charge in [0.05, 0.1) is 0 Å². The Hall–Kier alpha value is -4.24. The highest BCUT2D eigenvalue weighted by molar-refractivity contribution is 5.77. The van der Waals surface area contributed by atoms with Crippen LogP contribution in [0.5, 0.6) is 0 Å². The SMILES string of the molecule is CCC1=C(CC)C2=C3C=CC=CC=C4C=C5C3=CC(=CC=CC3=C(C)C(CCCO)=C(C=C6C=C(C=CC=C1C42)C(C)=C6CCCO)C3)C5(CC)CC. The molecule has 8 aliphatic carbocycles. The first-order valence-corrected chi connectivity index (χ1v) is 20.4. The van der Waals surface area contributed by atoms with Crippen LogP contribution in [0.3, 0.4) is 0 Å². The summed E-state index contributed by atoms with van der Waals surface area (Å²) in [6, 6.07) is 0. The Morgan fingerprint density at radius 3 is 2.09 bits per heavy atom. The summed E-state index contributed by atoms with van der Waals surface area (Å²) in [5, 5.41) is 19.7. The molecule has 1 atom stereocenters. The fourth-order valence-electron chi connectivity index (χ4n) is 10.3. The quantitative estimate of drug-likeness (QED) is 0.238. The minimum absolute atomic E-state index is 0.0622. The Kier molecular flexibility index (Phi) is 10.9. The van der Waals surface area contributed by atoms with Crippen LogP contribution in [0.4, 0.5) is 0 Å². The predicted molar refractivity (Wildman–Crippen MR) is 224 cm³/mol. The van der Waals surface area contributed by atoms with Gasteiger partial charge in [-0.15, -0.1) is 0 Å². The van der Waals surface area contributed by atoms with Crippen LogP contribution < -0.4 is 0 Å². The van der Waals surface area contributed by atoms with Crippen LogP contribution in [0, 0.1) is 11.3 Å². The average Bonchev–Trinajstić information content (AvgIpc) is 3.83. The molecule has 274 valence electrons. The zero-order valence-corrected chi connectivity index (χ0v) is 32.9. The monoisotopic (exact) mass is 702 g/mol. The molecule has 0 heterocycles. The molecule has 0 fully saturated rings. The first kappa shape index (κ1) is 37.1. The number of rotatable bonds is 10. The Morgan fingerprint density at radius 2 is 1.38 bits per heavy atom. The van der Waals surface area contributed by atoms with Crippen molar-refractivity contribution in [3.8, 4) is 0 Å². The molecule has 0 aromatic heterocycles. The van der Waals surface area contributed by atoms with Crippen LogP contribution in [0.25, 0.3) is 0 Å². The largest absolute Gasteiger partial charge is 0.396 e. The van der Waals surface area contributed by atoms with Crippen LogP contribution in [-0.2, 0) is 0 Å². The van der Waals surface area contributed by atoms with E-state index in [1.165, 1.54) is 94.7 Å². The number of aliphatic hydroxyl groups is 2. The van der Waals surface area contributed by atoms with Crippen molar-refractivity contribution in [2.24, 2.45) is 11.3 Å². The predicted octanol–water partition coefficient (Wildman–Crippen LogP) is 12.5. The number of hydrogen-bond acceptors (Lipinski definition) is 2. The Labute approximate surface area is 319 Å². The van der Waals surface area contributed by atoms with Gasteiger partial charge in [0.1, 0.15) is 0 Å². The molecule has 2 nitrogen and oxygen atoms in total. The van der Waals surface area contributed by atoms with Gasteiger partial charge in [0, 0.05) is 24.5 Å². The molecule has 1 unspecified atom stereocenters. The van der Waals surface area contributed by atoms with Gasteiger partial charge in [-0.25, -0.2) is 0 Å². The second kappa shape index (κ2) is 15.6. The third-order valence-corrected chi connectivity index (χ3v) is 13.1. The summed E-state index contributed by atoms with van der Waals surface area (Å²) in [5.41, 5.74) is 23.5. The molecular formula is C51H58O2. The normalized spacial score (nSPS) is 23.1. The van der Waals surface area contributed by atoms with Crippen molar-refractivity contribution in [2.75, 3.05) is 13.2 Å². The van der Waals surface area contributed by atoms with E-state index in [1.807, 2.05) is 0 Å². The molecule has 0 amide bonds. The summed E-state index contributed by atoms with van der Waals surface area (Å²) >= 11 is 0. The van der Waals surface area contributed by atoms with E-state index in [0.29, 0.717) is 0 Å². The summed E-state index contributed by atoms with van der Waals surface area (Å²) in [7, 11) is 0. The lowest BCUT2D eigenvalue weighted by atomic mass is 9.71. The number of hydrogen-bond donors (Lipinski definition) is 2. The summed E-state index contributed by atoms with van der Waals surface area (Å²) in [6.45, 7) is 14.3. The van der Waals surface area contributed by atoms with Crippen LogP contribution in [0.2, 0.25) is 0 Å². The molecule has 0 aromatic rings. The first-order chi connectivity index (χ1) is 25.8. The third kappa shape index (κ3) is 6.32. The fraction of sp³-hybridized carbons (Fsp3) is 0.373. The minimum atomic E-state index is -0.0622. The van der Waals surface area contributed by atoms with E-state index in [4.69, 9.17) is 0 Å². The van der Waals surface area contributed by atoms with E-state index in [-0.39, 0.29) is 24.5 Å². The number of fused-ring (bicyclic) bond motifs is 2. The molecule has 0 radical (unpaired) electrons. The Bertz CT molecular complexity index is 2090. The van der Waals surface area contributed by atoms with E-state index in [2.05, 4.69) is 133 Å². The molecule has 12 bridgehead atoms. The Balaban J connectivity index is 1.52. The standard InChI is InChI=1S/C51H58O2/c1-7-41-42(8-2)50-46-22-13-11-12-18-37-31-48-47(46)32-40(51(48,9-3)10-4)21-14-19-35-28-38(43(33(35)5)24-16-26-52)30-39-29-36(20-15-23-45(41)49(37)50)34(6)44(39)25-17-27-53/h11-15,18-23,29-32,49,52-53H,7-10,16-17,24-28H2,1-6H3. The van der Waals surface area contributed by atoms with Gasteiger partial charge in [-0.1, -0.05) is 107 Å². The number of aliphatic hydroxyl groups excluding tert-OH is 2. The average molecular weight is 703 g/mol. The zero-order valence-electron chi connectivity index (χ0n) is 32.9. The molecular weight excluding hydrogens is 645 g/mol. The van der Waals surface area contributed by atoms with Crippen molar-refractivity contribution in [1.82, 2.24) is 0 Å². The van der Waals surface area contributed by atoms with Crippen molar-refractivity contribution in [1.29, 1.82) is 0 Å². The summed E-state index contributed by atoms with van der Waals surface area (Å²) in [5.74, 6) is 0.190. The summed E-state index contributed by atoms with van der Waals surface area (Å²) < 4.78 is 0. The molecule has 8 aliphatic rings. The molecule has 2 N–H and O–H groups in total. The van der Waals surface area contributed by atoms with Gasteiger partial charge in [0.25, 0.3) is 0 Å². The molecule has 8 rings (SSSR count). The summed E-state index contributed by atoms with van der Waals surface area (Å²) in [4.78, 5) is 0. The second-order valence-electron chi connectivity index (χ2n) is 15.5. The van der Waals surface area contributed by atoms with E-state index >= 15 is 0 Å². The van der Waals surface area contributed by atoms with E-state index in [1.54, 1.807) is 0 Å². The van der Waals surface area contributed by atoms with Crippen LogP contribution in [-0.4, -0.2) is 23.4 Å². The maximum Gasteiger partial charge on any atom is 0.0434 e. The Morgan fingerprint density at radius 1 is 0.642 bits per heavy atom. The van der Waals surface area contributed by atoms with Crippen molar-refractivity contribution < 1.29 is 10.2 Å². The maximum absolute atomic E-state index is 9.86. The lowest BCUT2D eigenvalue weighted by molar-refractivity contribution is 0.288. The van der Waals surface area contributed by atoms with Crippen LogP contribution in [0.15, 0.2) is 186 Å². The topological polar surface area (TPSA) is 40.5 Å². The number of allylic oxidation sites excluding steroid dienone is 32. The molecule has 0 spiro atoms. The molecule has 0 aromatic carbocycles. The van der Waals surface area contributed by atoms with Crippen molar-refractivity contribution >= 4 is 0 Å². The van der Waals surface area contributed by atoms with Gasteiger partial charge in [-0.3, -0.25) is 0 Å². The van der Waals surface area contributed by atoms with E-state index in [0.717, 1.165) is 57.8 Å². The molecule has 2 heteroatoms. The highest BCUT2D eigenvalue weighted by Crippen LogP contribution is 2.60. The van der Waals surface area contributed by atoms with Gasteiger partial charge in [0.2, 0.25) is 0 Å². The highest BCUT2D eigenvalue weighted by atomic mass is 16.3. The van der Waals surface area contributed by atoms with Crippen molar-refractivity contribution in [2.45, 2.75) is 99.3 Å². The highest BCUT2D eigenvalue weighted by Gasteiger charge is 2.46. The van der Waals surface area contributed by atoms with Gasteiger partial charge in [0.15, 0.2) is 0 Å². The summed E-state index contributed by atoms with van der Waals surface area (Å²) in [6.07, 6.45) is 43.7. The van der Waals surface area contributed by atoms with E-state index < -0.39 is 0 Å². The van der Waals surface area contributed by atoms with Gasteiger partial charge < -0.3 is 10.2 Å². The molecule has 53 heavy (non-hydrogen) atoms. The van der Waals surface area contributed by atoms with Crippen molar-refractivity contribution in [3.05, 3.63) is 186 Å².